The minimum absolute atomic E-state index is 0.231. The van der Waals surface area contributed by atoms with Crippen LogP contribution in [0, 0.1) is 18.7 Å². The van der Waals surface area contributed by atoms with E-state index < -0.39 is 0 Å². The Morgan fingerprint density at radius 1 is 1.24 bits per heavy atom. The summed E-state index contributed by atoms with van der Waals surface area (Å²) in [4.78, 5) is 0. The lowest BCUT2D eigenvalue weighted by molar-refractivity contribution is 0.361. The van der Waals surface area contributed by atoms with Gasteiger partial charge in [0.15, 0.2) is 0 Å². The quantitative estimate of drug-likeness (QED) is 0.768. The van der Waals surface area contributed by atoms with Crippen LogP contribution in [0.1, 0.15) is 38.2 Å². The van der Waals surface area contributed by atoms with Crippen molar-refractivity contribution in [3.05, 3.63) is 23.5 Å². The van der Waals surface area contributed by atoms with Gasteiger partial charge in [0.25, 0.3) is 0 Å². The largest absolute Gasteiger partial charge is 0.397 e. The summed E-state index contributed by atoms with van der Waals surface area (Å²) in [7, 11) is 0. The van der Waals surface area contributed by atoms with Crippen molar-refractivity contribution in [3.63, 3.8) is 0 Å². The number of rotatable bonds is 2. The van der Waals surface area contributed by atoms with Crippen LogP contribution >= 0.6 is 0 Å². The zero-order valence-electron chi connectivity index (χ0n) is 10.6. The van der Waals surface area contributed by atoms with Crippen LogP contribution < -0.4 is 11.1 Å². The molecule has 0 atom stereocenters. The average Bonchev–Trinajstić information content (AvgIpc) is 2.29. The molecule has 0 radical (unpaired) electrons. The first-order valence-electron chi connectivity index (χ1n) is 6.38. The van der Waals surface area contributed by atoms with E-state index in [1.165, 1.54) is 31.7 Å². The van der Waals surface area contributed by atoms with Gasteiger partial charge in [-0.15, -0.1) is 0 Å². The van der Waals surface area contributed by atoms with E-state index in [0.29, 0.717) is 17.3 Å². The Morgan fingerprint density at radius 2 is 1.88 bits per heavy atom. The van der Waals surface area contributed by atoms with Gasteiger partial charge < -0.3 is 11.1 Å². The molecule has 0 amide bonds. The molecule has 0 bridgehead atoms. The van der Waals surface area contributed by atoms with Crippen molar-refractivity contribution < 1.29 is 4.39 Å². The minimum Gasteiger partial charge on any atom is -0.397 e. The van der Waals surface area contributed by atoms with Crippen LogP contribution in [0.15, 0.2) is 12.1 Å². The number of nitrogen functional groups attached to an aromatic ring is 1. The third-order valence-corrected chi connectivity index (χ3v) is 3.71. The Morgan fingerprint density at radius 3 is 2.53 bits per heavy atom. The number of hydrogen-bond acceptors (Lipinski definition) is 2. The molecule has 1 aromatic carbocycles. The average molecular weight is 236 g/mol. The fourth-order valence-corrected chi connectivity index (χ4v) is 2.45. The number of benzene rings is 1. The fraction of sp³-hybridized carbons (Fsp3) is 0.571. The van der Waals surface area contributed by atoms with Crippen molar-refractivity contribution in [2.75, 3.05) is 11.1 Å². The second kappa shape index (κ2) is 4.94. The molecule has 0 spiro atoms. The maximum absolute atomic E-state index is 13.3. The van der Waals surface area contributed by atoms with E-state index in [1.54, 1.807) is 6.92 Å². The highest BCUT2D eigenvalue weighted by molar-refractivity contribution is 5.67. The molecule has 0 aromatic heterocycles. The zero-order chi connectivity index (χ0) is 12.4. The number of nitrogens with two attached hydrogens (primary N) is 1. The van der Waals surface area contributed by atoms with E-state index in [0.717, 1.165) is 11.6 Å². The SMILES string of the molecule is Cc1cc(NC2CCC(C)CC2)c(N)cc1F. The standard InChI is InChI=1S/C14H21FN2/c1-9-3-5-11(6-4-9)17-14-7-10(2)12(15)8-13(14)16/h7-9,11,17H,3-6,16H2,1-2H3. The smallest absolute Gasteiger partial charge is 0.128 e. The highest BCUT2D eigenvalue weighted by Gasteiger charge is 2.18. The van der Waals surface area contributed by atoms with Gasteiger partial charge in [0, 0.05) is 6.04 Å². The molecular formula is C14H21FN2. The molecule has 17 heavy (non-hydrogen) atoms. The van der Waals surface area contributed by atoms with Crippen LogP contribution in [0.2, 0.25) is 0 Å². The molecule has 3 heteroatoms. The van der Waals surface area contributed by atoms with E-state index in [4.69, 9.17) is 5.73 Å². The molecule has 1 aliphatic rings. The Bertz CT molecular complexity index is 395. The number of halogens is 1. The molecule has 3 N–H and O–H groups in total. The topological polar surface area (TPSA) is 38.0 Å². The van der Waals surface area contributed by atoms with Crippen LogP contribution in [-0.4, -0.2) is 6.04 Å². The number of nitrogens with one attached hydrogen (secondary N) is 1. The second-order valence-electron chi connectivity index (χ2n) is 5.29. The van der Waals surface area contributed by atoms with Crippen molar-refractivity contribution in [1.29, 1.82) is 0 Å². The van der Waals surface area contributed by atoms with Crippen LogP contribution in [0.3, 0.4) is 0 Å². The second-order valence-corrected chi connectivity index (χ2v) is 5.29. The molecule has 0 heterocycles. The minimum atomic E-state index is -0.231. The van der Waals surface area contributed by atoms with Crippen molar-refractivity contribution in [3.8, 4) is 0 Å². The van der Waals surface area contributed by atoms with E-state index in [9.17, 15) is 4.39 Å². The van der Waals surface area contributed by atoms with Gasteiger partial charge in [-0.05, 0) is 56.2 Å². The van der Waals surface area contributed by atoms with E-state index in [-0.39, 0.29) is 5.82 Å². The van der Waals surface area contributed by atoms with Crippen molar-refractivity contribution >= 4 is 11.4 Å². The summed E-state index contributed by atoms with van der Waals surface area (Å²) in [6.07, 6.45) is 4.88. The number of aryl methyl sites for hydroxylation is 1. The Hall–Kier alpha value is -1.25. The first-order valence-corrected chi connectivity index (χ1v) is 6.38. The summed E-state index contributed by atoms with van der Waals surface area (Å²) >= 11 is 0. The van der Waals surface area contributed by atoms with Crippen LogP contribution in [0.5, 0.6) is 0 Å². The molecule has 2 rings (SSSR count). The summed E-state index contributed by atoms with van der Waals surface area (Å²) in [5, 5.41) is 3.45. The van der Waals surface area contributed by atoms with Gasteiger partial charge in [0.1, 0.15) is 5.82 Å². The Balaban J connectivity index is 2.06. The Kier molecular flexibility index (Phi) is 3.55. The van der Waals surface area contributed by atoms with E-state index >= 15 is 0 Å². The number of hydrogen-bond donors (Lipinski definition) is 2. The maximum atomic E-state index is 13.3. The molecule has 1 saturated carbocycles. The van der Waals surface area contributed by atoms with Gasteiger partial charge >= 0.3 is 0 Å². The highest BCUT2D eigenvalue weighted by atomic mass is 19.1. The van der Waals surface area contributed by atoms with Gasteiger partial charge in [0.2, 0.25) is 0 Å². The predicted octanol–water partition coefficient (Wildman–Crippen LogP) is 3.71. The summed E-state index contributed by atoms with van der Waals surface area (Å²) in [5.74, 6) is 0.602. The molecule has 0 saturated heterocycles. The molecular weight excluding hydrogens is 215 g/mol. The van der Waals surface area contributed by atoms with E-state index in [2.05, 4.69) is 12.2 Å². The molecule has 1 fully saturated rings. The van der Waals surface area contributed by atoms with Gasteiger partial charge in [-0.2, -0.15) is 0 Å². The lowest BCUT2D eigenvalue weighted by Crippen LogP contribution is -2.25. The molecule has 2 nitrogen and oxygen atoms in total. The third-order valence-electron chi connectivity index (χ3n) is 3.71. The normalized spacial score (nSPS) is 24.6. The summed E-state index contributed by atoms with van der Waals surface area (Å²) in [6, 6.07) is 3.70. The van der Waals surface area contributed by atoms with Crippen molar-refractivity contribution in [2.45, 2.75) is 45.6 Å². The van der Waals surface area contributed by atoms with Gasteiger partial charge in [0.05, 0.1) is 11.4 Å². The lowest BCUT2D eigenvalue weighted by Gasteiger charge is -2.28. The third kappa shape index (κ3) is 2.90. The first kappa shape index (κ1) is 12.2. The van der Waals surface area contributed by atoms with Gasteiger partial charge in [-0.25, -0.2) is 4.39 Å². The Labute approximate surface area is 102 Å². The molecule has 0 unspecified atom stereocenters. The lowest BCUT2D eigenvalue weighted by atomic mass is 9.87. The predicted molar refractivity (Wildman–Crippen MR) is 70.6 cm³/mol. The highest BCUT2D eigenvalue weighted by Crippen LogP contribution is 2.29. The molecule has 1 aromatic rings. The van der Waals surface area contributed by atoms with E-state index in [1.807, 2.05) is 6.07 Å². The summed E-state index contributed by atoms with van der Waals surface area (Å²) < 4.78 is 13.3. The van der Waals surface area contributed by atoms with Crippen molar-refractivity contribution in [2.24, 2.45) is 5.92 Å². The summed E-state index contributed by atoms with van der Waals surface area (Å²) in [6.45, 7) is 4.07. The monoisotopic (exact) mass is 236 g/mol. The first-order chi connectivity index (χ1) is 8.06. The van der Waals surface area contributed by atoms with Crippen LogP contribution in [0.25, 0.3) is 0 Å². The van der Waals surface area contributed by atoms with Crippen LogP contribution in [0.4, 0.5) is 15.8 Å². The van der Waals surface area contributed by atoms with Gasteiger partial charge in [-0.3, -0.25) is 0 Å². The summed E-state index contributed by atoms with van der Waals surface area (Å²) in [5.41, 5.74) is 7.86. The molecule has 0 aliphatic heterocycles. The number of anilines is 2. The zero-order valence-corrected chi connectivity index (χ0v) is 10.6. The van der Waals surface area contributed by atoms with Crippen molar-refractivity contribution in [1.82, 2.24) is 0 Å². The fourth-order valence-electron chi connectivity index (χ4n) is 2.45. The molecule has 1 aliphatic carbocycles. The maximum Gasteiger partial charge on any atom is 0.128 e. The van der Waals surface area contributed by atoms with Crippen LogP contribution in [-0.2, 0) is 0 Å². The van der Waals surface area contributed by atoms with Gasteiger partial charge in [-0.1, -0.05) is 6.92 Å². The molecule has 94 valence electrons.